The summed E-state index contributed by atoms with van der Waals surface area (Å²) in [6, 6.07) is 12.2. The Labute approximate surface area is 189 Å². The lowest BCUT2D eigenvalue weighted by Crippen LogP contribution is -2.36. The number of alkyl halides is 3. The minimum Gasteiger partial charge on any atom is -0.493 e. The molecule has 0 aromatic heterocycles. The van der Waals surface area contributed by atoms with E-state index in [9.17, 15) is 13.2 Å². The molecule has 0 aliphatic carbocycles. The predicted molar refractivity (Wildman–Crippen MR) is 118 cm³/mol. The number of nitrogens with one attached hydrogen (secondary N) is 2. The molecule has 0 atom stereocenters. The number of rotatable bonds is 7. The zero-order chi connectivity index (χ0) is 20.6. The number of halogens is 5. The van der Waals surface area contributed by atoms with Crippen LogP contribution in [0.25, 0.3) is 0 Å². The van der Waals surface area contributed by atoms with Crippen LogP contribution in [0.1, 0.15) is 11.1 Å². The van der Waals surface area contributed by atoms with E-state index in [0.717, 1.165) is 11.1 Å². The van der Waals surface area contributed by atoms with E-state index < -0.39 is 12.8 Å². The Morgan fingerprint density at radius 2 is 1.59 bits per heavy atom. The molecule has 160 valence electrons. The lowest BCUT2D eigenvalue weighted by molar-refractivity contribution is -0.153. The maximum absolute atomic E-state index is 12.3. The SMILES string of the molecule is CN=C(NCc1ccc(Cl)cc1)NCc1ccc(OCC(F)(F)F)c(OC)c1.I. The van der Waals surface area contributed by atoms with Crippen LogP contribution in [0, 0.1) is 0 Å². The van der Waals surface area contributed by atoms with Gasteiger partial charge in [-0.1, -0.05) is 29.8 Å². The van der Waals surface area contributed by atoms with Crippen molar-refractivity contribution in [1.82, 2.24) is 10.6 Å². The van der Waals surface area contributed by atoms with E-state index in [1.165, 1.54) is 13.2 Å². The number of ether oxygens (including phenoxy) is 2. The van der Waals surface area contributed by atoms with Crippen LogP contribution in [-0.4, -0.2) is 32.9 Å². The van der Waals surface area contributed by atoms with E-state index in [0.29, 0.717) is 24.1 Å². The fourth-order valence-electron chi connectivity index (χ4n) is 2.30. The van der Waals surface area contributed by atoms with Crippen LogP contribution in [0.2, 0.25) is 5.02 Å². The Morgan fingerprint density at radius 1 is 1.00 bits per heavy atom. The van der Waals surface area contributed by atoms with Gasteiger partial charge in [0.1, 0.15) is 0 Å². The smallest absolute Gasteiger partial charge is 0.422 e. The van der Waals surface area contributed by atoms with Gasteiger partial charge in [-0.25, -0.2) is 0 Å². The molecule has 2 N–H and O–H groups in total. The van der Waals surface area contributed by atoms with E-state index in [-0.39, 0.29) is 35.5 Å². The molecule has 0 radical (unpaired) electrons. The fraction of sp³-hybridized carbons (Fsp3) is 0.316. The lowest BCUT2D eigenvalue weighted by atomic mass is 10.2. The highest BCUT2D eigenvalue weighted by Crippen LogP contribution is 2.29. The van der Waals surface area contributed by atoms with Gasteiger partial charge in [0.05, 0.1) is 7.11 Å². The number of methoxy groups -OCH3 is 1. The summed E-state index contributed by atoms with van der Waals surface area (Å²) in [4.78, 5) is 4.14. The second-order valence-electron chi connectivity index (χ2n) is 5.79. The molecule has 0 fully saturated rings. The van der Waals surface area contributed by atoms with Gasteiger partial charge in [0, 0.05) is 25.2 Å². The van der Waals surface area contributed by atoms with Gasteiger partial charge in [-0.2, -0.15) is 13.2 Å². The summed E-state index contributed by atoms with van der Waals surface area (Å²) in [5.41, 5.74) is 1.84. The number of benzene rings is 2. The average molecular weight is 544 g/mol. The highest BCUT2D eigenvalue weighted by Gasteiger charge is 2.29. The highest BCUT2D eigenvalue weighted by molar-refractivity contribution is 14.0. The van der Waals surface area contributed by atoms with Crippen molar-refractivity contribution in [3.8, 4) is 11.5 Å². The molecular formula is C19H22ClF3IN3O2. The zero-order valence-corrected chi connectivity index (χ0v) is 18.9. The first kappa shape index (κ1) is 25.2. The van der Waals surface area contributed by atoms with Crippen molar-refractivity contribution in [3.63, 3.8) is 0 Å². The van der Waals surface area contributed by atoms with Gasteiger partial charge < -0.3 is 20.1 Å². The van der Waals surface area contributed by atoms with Crippen LogP contribution in [-0.2, 0) is 13.1 Å². The Hall–Kier alpha value is -1.88. The first-order chi connectivity index (χ1) is 13.3. The minimum absolute atomic E-state index is 0. The molecule has 10 heteroatoms. The summed E-state index contributed by atoms with van der Waals surface area (Å²) in [7, 11) is 3.02. The second-order valence-corrected chi connectivity index (χ2v) is 6.23. The molecule has 0 unspecified atom stereocenters. The van der Waals surface area contributed by atoms with Crippen molar-refractivity contribution < 1.29 is 22.6 Å². The third kappa shape index (κ3) is 8.99. The van der Waals surface area contributed by atoms with Crippen LogP contribution in [0.15, 0.2) is 47.5 Å². The van der Waals surface area contributed by atoms with Crippen molar-refractivity contribution in [2.75, 3.05) is 20.8 Å². The molecule has 0 spiro atoms. The first-order valence-corrected chi connectivity index (χ1v) is 8.74. The molecule has 2 aromatic carbocycles. The molecule has 0 heterocycles. The maximum atomic E-state index is 12.3. The number of hydrogen-bond donors (Lipinski definition) is 2. The Morgan fingerprint density at radius 3 is 2.14 bits per heavy atom. The maximum Gasteiger partial charge on any atom is 0.422 e. The van der Waals surface area contributed by atoms with Gasteiger partial charge in [0.15, 0.2) is 24.1 Å². The quantitative estimate of drug-likeness (QED) is 0.300. The standard InChI is InChI=1S/C19H21ClF3N3O2.HI/c1-24-18(25-10-13-3-6-15(20)7-4-13)26-11-14-5-8-16(17(9-14)27-2)28-12-19(21,22)23;/h3-9H,10-12H2,1-2H3,(H2,24,25,26);1H. The van der Waals surface area contributed by atoms with Gasteiger partial charge in [0.2, 0.25) is 0 Å². The van der Waals surface area contributed by atoms with Gasteiger partial charge in [-0.15, -0.1) is 24.0 Å². The fourth-order valence-corrected chi connectivity index (χ4v) is 2.42. The van der Waals surface area contributed by atoms with E-state index in [1.807, 2.05) is 24.3 Å². The number of nitrogens with zero attached hydrogens (tertiary/aromatic N) is 1. The van der Waals surface area contributed by atoms with Crippen molar-refractivity contribution in [2.45, 2.75) is 19.3 Å². The van der Waals surface area contributed by atoms with Crippen LogP contribution in [0.5, 0.6) is 11.5 Å². The van der Waals surface area contributed by atoms with Gasteiger partial charge in [-0.3, -0.25) is 4.99 Å². The summed E-state index contributed by atoms with van der Waals surface area (Å²) in [5, 5.41) is 6.97. The number of guanidine groups is 1. The second kappa shape index (κ2) is 12.0. The third-order valence-electron chi connectivity index (χ3n) is 3.68. The summed E-state index contributed by atoms with van der Waals surface area (Å²) in [6.07, 6.45) is -4.41. The Bertz CT molecular complexity index is 802. The summed E-state index contributed by atoms with van der Waals surface area (Å²) in [5.74, 6) is 0.841. The average Bonchev–Trinajstić information content (AvgIpc) is 2.67. The molecule has 2 aromatic rings. The monoisotopic (exact) mass is 543 g/mol. The van der Waals surface area contributed by atoms with E-state index >= 15 is 0 Å². The van der Waals surface area contributed by atoms with Crippen LogP contribution < -0.4 is 20.1 Å². The molecule has 0 aliphatic rings. The van der Waals surface area contributed by atoms with E-state index in [4.69, 9.17) is 21.1 Å². The van der Waals surface area contributed by atoms with E-state index in [2.05, 4.69) is 15.6 Å². The summed E-state index contributed by atoms with van der Waals surface area (Å²) in [6.45, 7) is -0.414. The van der Waals surface area contributed by atoms with Crippen LogP contribution >= 0.6 is 35.6 Å². The highest BCUT2D eigenvalue weighted by atomic mass is 127. The molecule has 0 amide bonds. The summed E-state index contributed by atoms with van der Waals surface area (Å²) >= 11 is 5.87. The van der Waals surface area contributed by atoms with Crippen molar-refractivity contribution in [3.05, 3.63) is 58.6 Å². The normalized spacial score (nSPS) is 11.4. The molecule has 0 saturated carbocycles. The van der Waals surface area contributed by atoms with Gasteiger partial charge in [0.25, 0.3) is 0 Å². The molecule has 2 rings (SSSR count). The number of aliphatic imine (C=N–C) groups is 1. The molecule has 0 bridgehead atoms. The Kier molecular flexibility index (Phi) is 10.4. The van der Waals surface area contributed by atoms with E-state index in [1.54, 1.807) is 19.2 Å². The zero-order valence-electron chi connectivity index (χ0n) is 15.8. The summed E-state index contributed by atoms with van der Waals surface area (Å²) < 4.78 is 46.8. The van der Waals surface area contributed by atoms with Gasteiger partial charge >= 0.3 is 6.18 Å². The van der Waals surface area contributed by atoms with Crippen LogP contribution in [0.3, 0.4) is 0 Å². The minimum atomic E-state index is -4.41. The third-order valence-corrected chi connectivity index (χ3v) is 3.93. The lowest BCUT2D eigenvalue weighted by Gasteiger charge is -2.15. The first-order valence-electron chi connectivity index (χ1n) is 8.36. The largest absolute Gasteiger partial charge is 0.493 e. The van der Waals surface area contributed by atoms with Crippen molar-refractivity contribution in [1.29, 1.82) is 0 Å². The van der Waals surface area contributed by atoms with Crippen molar-refractivity contribution >= 4 is 41.5 Å². The molecule has 29 heavy (non-hydrogen) atoms. The molecule has 0 saturated heterocycles. The Balaban J connectivity index is 0.00000420. The molecule has 0 aliphatic heterocycles. The predicted octanol–water partition coefficient (Wildman–Crippen LogP) is 4.77. The number of hydrogen-bond acceptors (Lipinski definition) is 3. The van der Waals surface area contributed by atoms with Crippen LogP contribution in [0.4, 0.5) is 13.2 Å². The topological polar surface area (TPSA) is 54.9 Å². The van der Waals surface area contributed by atoms with Crippen molar-refractivity contribution in [2.24, 2.45) is 4.99 Å². The molecule has 5 nitrogen and oxygen atoms in total. The van der Waals surface area contributed by atoms with Gasteiger partial charge in [-0.05, 0) is 35.4 Å². The molecular weight excluding hydrogens is 522 g/mol.